The van der Waals surface area contributed by atoms with Crippen molar-refractivity contribution in [2.75, 3.05) is 5.32 Å². The highest BCUT2D eigenvalue weighted by molar-refractivity contribution is 6.08. The lowest BCUT2D eigenvalue weighted by Gasteiger charge is -2.08. The quantitative estimate of drug-likeness (QED) is 0.444. The summed E-state index contributed by atoms with van der Waals surface area (Å²) in [5.74, 6) is -0.623. The van der Waals surface area contributed by atoms with Gasteiger partial charge < -0.3 is 9.84 Å². The molecule has 0 atom stereocenters. The molecule has 0 spiro atoms. The monoisotopic (exact) mass is 432 g/mol. The number of benzene rings is 2. The zero-order chi connectivity index (χ0) is 22.2. The lowest BCUT2D eigenvalue weighted by atomic mass is 10.1. The fourth-order valence-corrected chi connectivity index (χ4v) is 3.16. The maximum Gasteiger partial charge on any atom is 0.416 e. The van der Waals surface area contributed by atoms with E-state index in [0.717, 1.165) is 24.0 Å². The average Bonchev–Trinajstić information content (AvgIpc) is 3.31. The molecule has 2 heterocycles. The molecular formula is C21H16F4N4O2. The Labute approximate surface area is 173 Å². The Morgan fingerprint density at radius 2 is 1.84 bits per heavy atom. The first-order valence-corrected chi connectivity index (χ1v) is 9.20. The third-order valence-corrected chi connectivity index (χ3v) is 4.81. The van der Waals surface area contributed by atoms with Gasteiger partial charge in [0.15, 0.2) is 5.82 Å². The van der Waals surface area contributed by atoms with Gasteiger partial charge in [-0.05, 0) is 36.2 Å². The summed E-state index contributed by atoms with van der Waals surface area (Å²) in [6.45, 7) is 1.19. The fraction of sp³-hybridized carbons (Fsp3) is 0.190. The molecule has 0 aliphatic carbocycles. The molecule has 0 fully saturated rings. The molecule has 0 saturated heterocycles. The molecular weight excluding hydrogens is 416 g/mol. The molecule has 4 aromatic rings. The minimum Gasteiger partial charge on any atom is -0.364 e. The van der Waals surface area contributed by atoms with Crippen molar-refractivity contribution in [1.29, 1.82) is 0 Å². The van der Waals surface area contributed by atoms with Gasteiger partial charge in [0.1, 0.15) is 18.5 Å². The van der Waals surface area contributed by atoms with Gasteiger partial charge in [-0.15, -0.1) is 0 Å². The van der Waals surface area contributed by atoms with E-state index in [0.29, 0.717) is 16.8 Å². The number of alkyl halides is 4. The molecule has 0 saturated carbocycles. The van der Waals surface area contributed by atoms with Gasteiger partial charge in [-0.2, -0.15) is 18.3 Å². The number of hydrogen-bond donors (Lipinski definition) is 1. The van der Waals surface area contributed by atoms with Crippen molar-refractivity contribution in [3.8, 4) is 0 Å². The van der Waals surface area contributed by atoms with E-state index in [9.17, 15) is 22.4 Å². The Bertz CT molecular complexity index is 1240. The third-order valence-electron chi connectivity index (χ3n) is 4.81. The van der Waals surface area contributed by atoms with Gasteiger partial charge in [-0.25, -0.2) is 4.39 Å². The Balaban J connectivity index is 1.75. The number of hydrogen-bond acceptors (Lipinski definition) is 4. The van der Waals surface area contributed by atoms with Crippen LogP contribution >= 0.6 is 0 Å². The summed E-state index contributed by atoms with van der Waals surface area (Å²) >= 11 is 0. The van der Waals surface area contributed by atoms with Crippen LogP contribution in [-0.4, -0.2) is 20.8 Å². The molecule has 0 aliphatic heterocycles. The first-order chi connectivity index (χ1) is 14.8. The number of nitrogens with zero attached hydrogens (tertiary/aromatic N) is 3. The molecule has 2 aromatic carbocycles. The molecule has 0 bridgehead atoms. The van der Waals surface area contributed by atoms with Gasteiger partial charge >= 0.3 is 6.18 Å². The van der Waals surface area contributed by atoms with Crippen LogP contribution in [0, 0.1) is 6.92 Å². The van der Waals surface area contributed by atoms with Gasteiger partial charge in [0.25, 0.3) is 5.91 Å². The largest absolute Gasteiger partial charge is 0.416 e. The highest BCUT2D eigenvalue weighted by Crippen LogP contribution is 2.34. The Morgan fingerprint density at radius 3 is 2.45 bits per heavy atom. The summed E-state index contributed by atoms with van der Waals surface area (Å²) in [5.41, 5.74) is 1.32. The van der Waals surface area contributed by atoms with Gasteiger partial charge in [0.05, 0.1) is 23.3 Å². The third kappa shape index (κ3) is 4.14. The van der Waals surface area contributed by atoms with Crippen LogP contribution < -0.4 is 5.32 Å². The number of fused-ring (bicyclic) bond motifs is 1. The first kappa shape index (κ1) is 20.6. The number of carbonyl (C=O) groups excluding carboxylic acids is 1. The van der Waals surface area contributed by atoms with E-state index >= 15 is 0 Å². The van der Waals surface area contributed by atoms with Crippen molar-refractivity contribution < 1.29 is 26.9 Å². The highest BCUT2D eigenvalue weighted by atomic mass is 19.4. The van der Waals surface area contributed by atoms with Crippen LogP contribution in [0.5, 0.6) is 0 Å². The molecule has 2 aromatic heterocycles. The normalized spacial score (nSPS) is 11.8. The van der Waals surface area contributed by atoms with Crippen LogP contribution in [-0.2, 0) is 19.4 Å². The van der Waals surface area contributed by atoms with Crippen LogP contribution in [0.15, 0.2) is 53.3 Å². The molecule has 0 radical (unpaired) electrons. The molecule has 160 valence electrons. The number of amides is 1. The summed E-state index contributed by atoms with van der Waals surface area (Å²) in [5, 5.41) is 10.6. The lowest BCUT2D eigenvalue weighted by molar-refractivity contribution is -0.137. The summed E-state index contributed by atoms with van der Waals surface area (Å²) in [6.07, 6.45) is -3.40. The molecule has 1 amide bonds. The van der Waals surface area contributed by atoms with Gasteiger partial charge in [0.2, 0.25) is 0 Å². The minimum absolute atomic E-state index is 0.0212. The van der Waals surface area contributed by atoms with E-state index in [1.54, 1.807) is 31.2 Å². The maximum atomic E-state index is 13.2. The van der Waals surface area contributed by atoms with Crippen molar-refractivity contribution in [2.45, 2.75) is 26.3 Å². The predicted molar refractivity (Wildman–Crippen MR) is 104 cm³/mol. The predicted octanol–water partition coefficient (Wildman–Crippen LogP) is 5.12. The Hall–Kier alpha value is -3.69. The molecule has 0 unspecified atom stereocenters. The van der Waals surface area contributed by atoms with Crippen molar-refractivity contribution in [3.63, 3.8) is 0 Å². The SMILES string of the molecule is Cc1nocc1C(=O)Nc1nn(Cc2ccc(CF)cc2)c2ccc(C(F)(F)F)cc12. The Morgan fingerprint density at radius 1 is 1.13 bits per heavy atom. The number of nitrogens with one attached hydrogen (secondary N) is 1. The average molecular weight is 432 g/mol. The van der Waals surface area contributed by atoms with Crippen molar-refractivity contribution in [1.82, 2.24) is 14.9 Å². The second-order valence-electron chi connectivity index (χ2n) is 6.95. The van der Waals surface area contributed by atoms with E-state index < -0.39 is 24.3 Å². The van der Waals surface area contributed by atoms with Crippen molar-refractivity contribution >= 4 is 22.6 Å². The minimum atomic E-state index is -4.55. The van der Waals surface area contributed by atoms with Crippen LogP contribution in [0.4, 0.5) is 23.4 Å². The summed E-state index contributed by atoms with van der Waals surface area (Å²) in [4.78, 5) is 12.5. The van der Waals surface area contributed by atoms with Gasteiger partial charge in [-0.3, -0.25) is 9.48 Å². The molecule has 0 aliphatic rings. The Kier molecular flexibility index (Phi) is 5.22. The maximum absolute atomic E-state index is 13.2. The van der Waals surface area contributed by atoms with Crippen molar-refractivity contribution in [3.05, 3.63) is 76.7 Å². The number of carbonyl (C=O) groups is 1. The second kappa shape index (κ2) is 7.86. The molecule has 31 heavy (non-hydrogen) atoms. The highest BCUT2D eigenvalue weighted by Gasteiger charge is 2.31. The zero-order valence-electron chi connectivity index (χ0n) is 16.2. The van der Waals surface area contributed by atoms with Crippen LogP contribution in [0.2, 0.25) is 0 Å². The number of aromatic nitrogens is 3. The second-order valence-corrected chi connectivity index (χ2v) is 6.95. The van der Waals surface area contributed by atoms with Crippen molar-refractivity contribution in [2.24, 2.45) is 0 Å². The van der Waals surface area contributed by atoms with Gasteiger partial charge in [-0.1, -0.05) is 29.4 Å². The smallest absolute Gasteiger partial charge is 0.364 e. The molecule has 10 heteroatoms. The zero-order valence-corrected chi connectivity index (χ0v) is 16.2. The van der Waals surface area contributed by atoms with Crippen LogP contribution in [0.1, 0.15) is 32.7 Å². The molecule has 1 N–H and O–H groups in total. The summed E-state index contributed by atoms with van der Waals surface area (Å²) < 4.78 is 58.7. The summed E-state index contributed by atoms with van der Waals surface area (Å²) in [7, 11) is 0. The van der Waals surface area contributed by atoms with Crippen LogP contribution in [0.3, 0.4) is 0 Å². The first-order valence-electron chi connectivity index (χ1n) is 9.20. The number of anilines is 1. The number of aryl methyl sites for hydroxylation is 1. The van der Waals surface area contributed by atoms with E-state index in [1.165, 1.54) is 10.7 Å². The van der Waals surface area contributed by atoms with Crippen LogP contribution in [0.25, 0.3) is 10.9 Å². The molecule has 6 nitrogen and oxygen atoms in total. The van der Waals surface area contributed by atoms with E-state index in [4.69, 9.17) is 4.52 Å². The standard InChI is InChI=1S/C21H16F4N4O2/c1-12-17(11-31-28-12)20(30)26-19-16-8-15(21(23,24)25)6-7-18(16)29(27-19)10-14-4-2-13(9-22)3-5-14/h2-8,11H,9-10H2,1H3,(H,26,27,30). The topological polar surface area (TPSA) is 73.0 Å². The number of rotatable bonds is 5. The van der Waals surface area contributed by atoms with E-state index in [2.05, 4.69) is 15.6 Å². The fourth-order valence-electron chi connectivity index (χ4n) is 3.16. The molecule has 4 rings (SSSR count). The van der Waals surface area contributed by atoms with E-state index in [-0.39, 0.29) is 23.3 Å². The summed E-state index contributed by atoms with van der Waals surface area (Å²) in [6, 6.07) is 9.89. The number of halogens is 4. The van der Waals surface area contributed by atoms with E-state index in [1.807, 2.05) is 0 Å². The van der Waals surface area contributed by atoms with Gasteiger partial charge in [0, 0.05) is 5.39 Å². The lowest BCUT2D eigenvalue weighted by Crippen LogP contribution is -2.13.